The Bertz CT molecular complexity index is 1540. The molecule has 2 saturated heterocycles. The summed E-state index contributed by atoms with van der Waals surface area (Å²) in [4.78, 5) is 5.60. The van der Waals surface area contributed by atoms with Gasteiger partial charge in [0.1, 0.15) is 17.1 Å². The lowest BCUT2D eigenvalue weighted by Gasteiger charge is -2.34. The Morgan fingerprint density at radius 2 is 2.00 bits per heavy atom. The molecule has 2 aliphatic rings. The average molecular weight is 538 g/mol. The molecule has 0 radical (unpaired) electrons. The Morgan fingerprint density at radius 1 is 1.24 bits per heavy atom. The lowest BCUT2D eigenvalue weighted by atomic mass is 9.98. The molecule has 0 aliphatic carbocycles. The van der Waals surface area contributed by atoms with E-state index in [1.54, 1.807) is 4.90 Å². The number of alkyl halides is 4. The van der Waals surface area contributed by atoms with Crippen molar-refractivity contribution in [1.29, 1.82) is 0 Å². The molecule has 2 atom stereocenters. The molecule has 4 aromatic rings. The second-order valence-electron chi connectivity index (χ2n) is 9.56. The molecule has 38 heavy (non-hydrogen) atoms. The van der Waals surface area contributed by atoms with E-state index in [9.17, 15) is 8.78 Å². The Labute approximate surface area is 212 Å². The monoisotopic (exact) mass is 538 g/mol. The molecule has 3 aromatic heterocycles. The zero-order chi connectivity index (χ0) is 26.9. The molecule has 0 saturated carbocycles. The highest BCUT2D eigenvalue weighted by Gasteiger charge is 2.54. The maximum Gasteiger partial charge on any atom is 0.270 e. The van der Waals surface area contributed by atoms with Gasteiger partial charge in [-0.05, 0) is 24.6 Å². The summed E-state index contributed by atoms with van der Waals surface area (Å²) in [6.45, 7) is 1.24. The lowest BCUT2D eigenvalue weighted by Crippen LogP contribution is -2.48. The molecule has 0 spiro atoms. The van der Waals surface area contributed by atoms with Gasteiger partial charge in [0, 0.05) is 6.54 Å². The van der Waals surface area contributed by atoms with Gasteiger partial charge < -0.3 is 15.2 Å². The van der Waals surface area contributed by atoms with Crippen LogP contribution in [0, 0.1) is 5.82 Å². The number of nitrogens with zero attached hydrogens (tertiary/aromatic N) is 7. The first-order chi connectivity index (χ1) is 18.1. The van der Waals surface area contributed by atoms with Crippen molar-refractivity contribution in [1.82, 2.24) is 34.5 Å². The molecular weight excluding hydrogens is 515 g/mol. The molecule has 0 bridgehead atoms. The molecule has 202 valence electrons. The Hall–Kier alpha value is -3.59. The van der Waals surface area contributed by atoms with E-state index < -0.39 is 36.7 Å². The number of anilines is 1. The van der Waals surface area contributed by atoms with Crippen LogP contribution in [-0.2, 0) is 4.74 Å². The predicted molar refractivity (Wildman–Crippen MR) is 125 cm³/mol. The molecule has 0 unspecified atom stereocenters. The number of nitrogens with two attached hydrogens (primary N) is 1. The molecule has 10 nitrogen and oxygen atoms in total. The fourth-order valence-electron chi connectivity index (χ4n) is 5.15. The summed E-state index contributed by atoms with van der Waals surface area (Å²) in [5.41, 5.74) is 6.03. The van der Waals surface area contributed by atoms with E-state index in [2.05, 4.69) is 20.4 Å². The molecule has 2 aliphatic heterocycles. The standard InChI is InChI=1S/C23H23F5N8O2/c1-10(20(25)26)35-15-5-11(3-4-14(15)31-33-35)16-17(24)18(36-19(16)21(37-2)30-22(29)32-36)13-6-34(9-23(13,27)28)12-7-38-8-12/h3-5,10,12-13,20H,6-9H2,1-2H3,(H2,29,32)/t10-,13-/m1/s1. The summed E-state index contributed by atoms with van der Waals surface area (Å²) in [5.74, 6) is -6.23. The lowest BCUT2D eigenvalue weighted by molar-refractivity contribution is -0.0715. The molecular formula is C23H23F5N8O2. The van der Waals surface area contributed by atoms with E-state index in [1.165, 1.54) is 32.2 Å². The number of aromatic nitrogens is 6. The summed E-state index contributed by atoms with van der Waals surface area (Å²) in [6, 6.07) is 2.93. The SMILES string of the molecule is COc1nc(N)nn2c([C@H]3CN(C4COC4)CC3(F)F)c(F)c(-c3ccc4nnn([C@H](C)C(F)F)c4c3)c12. The van der Waals surface area contributed by atoms with E-state index in [1.807, 2.05) is 0 Å². The van der Waals surface area contributed by atoms with E-state index in [0.29, 0.717) is 18.7 Å². The van der Waals surface area contributed by atoms with Crippen LogP contribution in [0.4, 0.5) is 27.9 Å². The minimum absolute atomic E-state index is 0.0179. The van der Waals surface area contributed by atoms with E-state index in [0.717, 1.165) is 9.20 Å². The van der Waals surface area contributed by atoms with Crippen LogP contribution in [0.25, 0.3) is 27.7 Å². The van der Waals surface area contributed by atoms with Gasteiger partial charge in [0.05, 0.1) is 55.6 Å². The summed E-state index contributed by atoms with van der Waals surface area (Å²) in [6.07, 6.45) is -2.73. The minimum Gasteiger partial charge on any atom is -0.479 e. The van der Waals surface area contributed by atoms with Gasteiger partial charge in [-0.1, -0.05) is 11.3 Å². The van der Waals surface area contributed by atoms with Crippen molar-refractivity contribution in [2.75, 3.05) is 39.1 Å². The van der Waals surface area contributed by atoms with Crippen molar-refractivity contribution in [2.45, 2.75) is 37.3 Å². The second kappa shape index (κ2) is 8.73. The van der Waals surface area contributed by atoms with Gasteiger partial charge in [0.2, 0.25) is 11.8 Å². The van der Waals surface area contributed by atoms with Crippen LogP contribution in [0.5, 0.6) is 5.88 Å². The van der Waals surface area contributed by atoms with Crippen molar-refractivity contribution in [3.05, 3.63) is 29.7 Å². The maximum atomic E-state index is 16.4. The van der Waals surface area contributed by atoms with E-state index in [4.69, 9.17) is 15.2 Å². The third kappa shape index (κ3) is 3.66. The fraction of sp³-hybridized carbons (Fsp3) is 0.478. The first-order valence-electron chi connectivity index (χ1n) is 11.9. The molecule has 5 heterocycles. The van der Waals surface area contributed by atoms with Crippen molar-refractivity contribution in [3.8, 4) is 17.0 Å². The number of ether oxygens (including phenoxy) is 2. The van der Waals surface area contributed by atoms with Gasteiger partial charge in [0.25, 0.3) is 12.3 Å². The topological polar surface area (TPSA) is 109 Å². The Kier molecular flexibility index (Phi) is 5.68. The third-order valence-corrected chi connectivity index (χ3v) is 7.25. The van der Waals surface area contributed by atoms with E-state index in [-0.39, 0.29) is 52.3 Å². The van der Waals surface area contributed by atoms with Gasteiger partial charge in [-0.2, -0.15) is 4.98 Å². The first-order valence-corrected chi connectivity index (χ1v) is 11.9. The molecule has 2 N–H and O–H groups in total. The Morgan fingerprint density at radius 3 is 2.66 bits per heavy atom. The van der Waals surface area contributed by atoms with Crippen LogP contribution < -0.4 is 10.5 Å². The van der Waals surface area contributed by atoms with Gasteiger partial charge >= 0.3 is 0 Å². The molecule has 15 heteroatoms. The van der Waals surface area contributed by atoms with E-state index >= 15 is 13.2 Å². The smallest absolute Gasteiger partial charge is 0.270 e. The number of rotatable bonds is 6. The number of benzene rings is 1. The van der Waals surface area contributed by atoms with Gasteiger partial charge in [0.15, 0.2) is 5.82 Å². The van der Waals surface area contributed by atoms with Crippen LogP contribution in [0.2, 0.25) is 0 Å². The van der Waals surface area contributed by atoms with Crippen LogP contribution in [-0.4, -0.2) is 86.3 Å². The predicted octanol–water partition coefficient (Wildman–Crippen LogP) is 3.13. The maximum absolute atomic E-state index is 16.4. The van der Waals surface area contributed by atoms with Gasteiger partial charge in [-0.25, -0.2) is 31.1 Å². The number of halogens is 5. The van der Waals surface area contributed by atoms with Crippen LogP contribution in [0.15, 0.2) is 18.2 Å². The van der Waals surface area contributed by atoms with Crippen molar-refractivity contribution in [2.24, 2.45) is 0 Å². The molecule has 0 amide bonds. The van der Waals surface area contributed by atoms with Crippen molar-refractivity contribution >= 4 is 22.5 Å². The fourth-order valence-corrected chi connectivity index (χ4v) is 5.15. The molecule has 6 rings (SSSR count). The molecule has 1 aromatic carbocycles. The Balaban J connectivity index is 1.58. The number of methoxy groups -OCH3 is 1. The number of fused-ring (bicyclic) bond motifs is 2. The third-order valence-electron chi connectivity index (χ3n) is 7.25. The summed E-state index contributed by atoms with van der Waals surface area (Å²) < 4.78 is 86.6. The zero-order valence-electron chi connectivity index (χ0n) is 20.3. The van der Waals surface area contributed by atoms with Gasteiger partial charge in [-0.3, -0.25) is 4.90 Å². The summed E-state index contributed by atoms with van der Waals surface area (Å²) in [7, 11) is 1.28. The highest BCUT2D eigenvalue weighted by atomic mass is 19.3. The first kappa shape index (κ1) is 24.7. The highest BCUT2D eigenvalue weighted by Crippen LogP contribution is 2.47. The average Bonchev–Trinajstić information content (AvgIpc) is 3.47. The van der Waals surface area contributed by atoms with Crippen LogP contribution >= 0.6 is 0 Å². The summed E-state index contributed by atoms with van der Waals surface area (Å²) in [5, 5.41) is 11.8. The largest absolute Gasteiger partial charge is 0.479 e. The van der Waals surface area contributed by atoms with Crippen LogP contribution in [0.3, 0.4) is 0 Å². The summed E-state index contributed by atoms with van der Waals surface area (Å²) >= 11 is 0. The number of likely N-dealkylation sites (tertiary alicyclic amines) is 1. The highest BCUT2D eigenvalue weighted by molar-refractivity contribution is 5.90. The normalized spacial score (nSPS) is 21.0. The second-order valence-corrected chi connectivity index (χ2v) is 9.56. The van der Waals surface area contributed by atoms with Crippen LogP contribution in [0.1, 0.15) is 24.6 Å². The van der Waals surface area contributed by atoms with Gasteiger partial charge in [-0.15, -0.1) is 10.2 Å². The quantitative estimate of drug-likeness (QED) is 0.373. The zero-order valence-corrected chi connectivity index (χ0v) is 20.3. The van der Waals surface area contributed by atoms with Crippen molar-refractivity contribution in [3.63, 3.8) is 0 Å². The minimum atomic E-state index is -3.28. The molecule has 2 fully saturated rings. The number of hydrogen-bond donors (Lipinski definition) is 1. The number of nitrogen functional groups attached to an aromatic ring is 1. The van der Waals surface area contributed by atoms with Crippen molar-refractivity contribution < 1.29 is 31.4 Å². The number of hydrogen-bond acceptors (Lipinski definition) is 8.